The molecule has 160 valence electrons. The Hall–Kier alpha value is -1.35. The van der Waals surface area contributed by atoms with Crippen LogP contribution >= 0.6 is 24.0 Å². The third kappa shape index (κ3) is 10.8. The molecule has 0 bridgehead atoms. The van der Waals surface area contributed by atoms with Crippen molar-refractivity contribution < 1.29 is 9.53 Å². The molecular weight excluding hydrogens is 467 g/mol. The summed E-state index contributed by atoms with van der Waals surface area (Å²) in [4.78, 5) is 20.6. The van der Waals surface area contributed by atoms with Crippen LogP contribution in [0.3, 0.4) is 0 Å². The van der Waals surface area contributed by atoms with Crippen LogP contribution < -0.4 is 5.32 Å². The van der Waals surface area contributed by atoms with Gasteiger partial charge in [0.25, 0.3) is 0 Å². The van der Waals surface area contributed by atoms with Gasteiger partial charge in [-0.25, -0.2) is 0 Å². The fraction of sp³-hybridized carbons (Fsp3) is 0.619. The summed E-state index contributed by atoms with van der Waals surface area (Å²) in [7, 11) is 1.91. The zero-order chi connectivity index (χ0) is 19.9. The minimum atomic E-state index is 0. The van der Waals surface area contributed by atoms with E-state index in [0.29, 0.717) is 13.2 Å². The van der Waals surface area contributed by atoms with E-state index in [-0.39, 0.29) is 29.9 Å². The molecule has 6 nitrogen and oxygen atoms in total. The minimum absolute atomic E-state index is 0. The average Bonchev–Trinajstić information content (AvgIpc) is 2.68. The Bertz CT molecular complexity index is 551. The number of carbonyl (C=O) groups excluding carboxylic acids is 1. The minimum Gasteiger partial charge on any atom is -0.377 e. The molecular formula is C21H37IN4O2. The highest BCUT2D eigenvalue weighted by atomic mass is 127. The first-order chi connectivity index (χ1) is 13.1. The summed E-state index contributed by atoms with van der Waals surface area (Å²) in [5.41, 5.74) is 1.20. The molecule has 0 aromatic heterocycles. The molecule has 1 aromatic rings. The molecule has 0 aliphatic carbocycles. The van der Waals surface area contributed by atoms with Gasteiger partial charge in [-0.15, -0.1) is 24.0 Å². The monoisotopic (exact) mass is 504 g/mol. The summed E-state index contributed by atoms with van der Waals surface area (Å²) < 4.78 is 5.70. The molecule has 1 N–H and O–H groups in total. The van der Waals surface area contributed by atoms with Crippen molar-refractivity contribution in [2.75, 3.05) is 46.4 Å². The topological polar surface area (TPSA) is 57.2 Å². The molecule has 0 aliphatic rings. The number of amides is 1. The summed E-state index contributed by atoms with van der Waals surface area (Å²) in [6.07, 6.45) is 1.93. The predicted octanol–water partition coefficient (Wildman–Crippen LogP) is 3.37. The van der Waals surface area contributed by atoms with Crippen LogP contribution in [-0.4, -0.2) is 68.0 Å². The van der Waals surface area contributed by atoms with Gasteiger partial charge >= 0.3 is 0 Å². The Morgan fingerprint density at radius 3 is 2.39 bits per heavy atom. The maximum atomic E-state index is 12.3. The van der Waals surface area contributed by atoms with E-state index >= 15 is 0 Å². The van der Waals surface area contributed by atoms with E-state index in [2.05, 4.69) is 22.4 Å². The van der Waals surface area contributed by atoms with Gasteiger partial charge in [-0.1, -0.05) is 30.3 Å². The predicted molar refractivity (Wildman–Crippen MR) is 127 cm³/mol. The molecule has 1 amide bonds. The maximum absolute atomic E-state index is 12.3. The second-order valence-corrected chi connectivity index (χ2v) is 6.40. The van der Waals surface area contributed by atoms with E-state index in [1.165, 1.54) is 5.56 Å². The van der Waals surface area contributed by atoms with Crippen molar-refractivity contribution >= 4 is 35.8 Å². The average molecular weight is 504 g/mol. The van der Waals surface area contributed by atoms with Gasteiger partial charge in [-0.2, -0.15) is 0 Å². The van der Waals surface area contributed by atoms with Crippen molar-refractivity contribution in [3.63, 3.8) is 0 Å². The number of halogens is 1. The van der Waals surface area contributed by atoms with Crippen molar-refractivity contribution in [3.05, 3.63) is 35.9 Å². The van der Waals surface area contributed by atoms with Crippen molar-refractivity contribution in [2.24, 2.45) is 4.99 Å². The first-order valence-corrected chi connectivity index (χ1v) is 10.0. The molecule has 1 aromatic carbocycles. The van der Waals surface area contributed by atoms with E-state index in [1.807, 2.05) is 55.8 Å². The Morgan fingerprint density at radius 2 is 1.79 bits per heavy atom. The summed E-state index contributed by atoms with van der Waals surface area (Å²) in [5, 5.41) is 3.26. The van der Waals surface area contributed by atoms with Gasteiger partial charge in [0.2, 0.25) is 5.91 Å². The van der Waals surface area contributed by atoms with Crippen LogP contribution in [0.2, 0.25) is 0 Å². The van der Waals surface area contributed by atoms with Gasteiger partial charge in [-0.3, -0.25) is 9.79 Å². The standard InChI is InChI=1S/C21H36N4O2.HI/c1-5-22-21(24(4)17-20(26)25(6-2)7-3)23-15-11-12-16-27-18-19-13-9-8-10-14-19;/h8-10,13-14H,5-7,11-12,15-18H2,1-4H3,(H,22,23);1H. The van der Waals surface area contributed by atoms with E-state index in [1.54, 1.807) is 0 Å². The van der Waals surface area contributed by atoms with Crippen LogP contribution in [0.1, 0.15) is 39.2 Å². The number of aliphatic imine (C=N–C) groups is 1. The second-order valence-electron chi connectivity index (χ2n) is 6.40. The third-order valence-corrected chi connectivity index (χ3v) is 4.25. The molecule has 0 spiro atoms. The fourth-order valence-corrected chi connectivity index (χ4v) is 2.69. The number of rotatable bonds is 12. The zero-order valence-electron chi connectivity index (χ0n) is 17.8. The Kier molecular flexibility index (Phi) is 15.8. The van der Waals surface area contributed by atoms with Crippen LogP contribution in [-0.2, 0) is 16.1 Å². The first-order valence-electron chi connectivity index (χ1n) is 10.0. The third-order valence-electron chi connectivity index (χ3n) is 4.25. The largest absolute Gasteiger partial charge is 0.377 e. The highest BCUT2D eigenvalue weighted by molar-refractivity contribution is 14.0. The fourth-order valence-electron chi connectivity index (χ4n) is 2.69. The van der Waals surface area contributed by atoms with E-state index in [9.17, 15) is 4.79 Å². The summed E-state index contributed by atoms with van der Waals surface area (Å²) in [6.45, 7) is 10.7. The van der Waals surface area contributed by atoms with E-state index < -0.39 is 0 Å². The molecule has 0 radical (unpaired) electrons. The molecule has 0 saturated heterocycles. The lowest BCUT2D eigenvalue weighted by atomic mass is 10.2. The number of benzene rings is 1. The van der Waals surface area contributed by atoms with Crippen LogP contribution in [0.4, 0.5) is 0 Å². The Balaban J connectivity index is 0.00000729. The smallest absolute Gasteiger partial charge is 0.242 e. The molecule has 28 heavy (non-hydrogen) atoms. The van der Waals surface area contributed by atoms with E-state index in [4.69, 9.17) is 4.74 Å². The molecule has 7 heteroatoms. The molecule has 1 rings (SSSR count). The van der Waals surface area contributed by atoms with Gasteiger partial charge in [0.1, 0.15) is 0 Å². The SMILES string of the molecule is CCNC(=NCCCCOCc1ccccc1)N(C)CC(=O)N(CC)CC.I. The number of likely N-dealkylation sites (N-methyl/N-ethyl adjacent to an activating group) is 2. The number of unbranched alkanes of at least 4 members (excludes halogenated alkanes) is 1. The normalized spacial score (nSPS) is 10.9. The molecule has 0 aliphatic heterocycles. The van der Waals surface area contributed by atoms with Crippen LogP contribution in [0, 0.1) is 0 Å². The van der Waals surface area contributed by atoms with Crippen molar-refractivity contribution in [2.45, 2.75) is 40.2 Å². The molecule has 0 heterocycles. The number of carbonyl (C=O) groups is 1. The highest BCUT2D eigenvalue weighted by Gasteiger charge is 2.14. The summed E-state index contributed by atoms with van der Waals surface area (Å²) in [6, 6.07) is 10.2. The van der Waals surface area contributed by atoms with Gasteiger partial charge in [0.05, 0.1) is 13.2 Å². The number of nitrogens with zero attached hydrogens (tertiary/aromatic N) is 3. The van der Waals surface area contributed by atoms with Gasteiger partial charge in [0, 0.05) is 39.8 Å². The summed E-state index contributed by atoms with van der Waals surface area (Å²) in [5.74, 6) is 0.908. The number of hydrogen-bond acceptors (Lipinski definition) is 3. The van der Waals surface area contributed by atoms with Gasteiger partial charge in [-0.05, 0) is 39.2 Å². The lowest BCUT2D eigenvalue weighted by Crippen LogP contribution is -2.45. The van der Waals surface area contributed by atoms with E-state index in [0.717, 1.165) is 51.6 Å². The molecule has 0 fully saturated rings. The van der Waals surface area contributed by atoms with Crippen molar-refractivity contribution in [1.82, 2.24) is 15.1 Å². The van der Waals surface area contributed by atoms with Crippen LogP contribution in [0.5, 0.6) is 0 Å². The number of nitrogens with one attached hydrogen (secondary N) is 1. The number of guanidine groups is 1. The maximum Gasteiger partial charge on any atom is 0.242 e. The first kappa shape index (κ1) is 26.6. The Morgan fingerprint density at radius 1 is 1.11 bits per heavy atom. The molecule has 0 unspecified atom stereocenters. The lowest BCUT2D eigenvalue weighted by molar-refractivity contribution is -0.131. The van der Waals surface area contributed by atoms with Gasteiger partial charge < -0.3 is 19.9 Å². The lowest BCUT2D eigenvalue weighted by Gasteiger charge is -2.25. The quantitative estimate of drug-likeness (QED) is 0.205. The molecule has 0 atom stereocenters. The van der Waals surface area contributed by atoms with Gasteiger partial charge in [0.15, 0.2) is 5.96 Å². The molecule has 0 saturated carbocycles. The summed E-state index contributed by atoms with van der Waals surface area (Å²) >= 11 is 0. The second kappa shape index (κ2) is 16.6. The highest BCUT2D eigenvalue weighted by Crippen LogP contribution is 2.02. The number of hydrogen-bond donors (Lipinski definition) is 1. The number of ether oxygens (including phenoxy) is 1. The van der Waals surface area contributed by atoms with Crippen molar-refractivity contribution in [1.29, 1.82) is 0 Å². The van der Waals surface area contributed by atoms with Crippen LogP contribution in [0.15, 0.2) is 35.3 Å². The van der Waals surface area contributed by atoms with Crippen molar-refractivity contribution in [3.8, 4) is 0 Å². The van der Waals surface area contributed by atoms with Crippen LogP contribution in [0.25, 0.3) is 0 Å². The zero-order valence-corrected chi connectivity index (χ0v) is 20.1. The Labute approximate surface area is 187 Å².